The standard InChI is InChI=1S/C2H3O.Ta/c1-2-3;/h2H,1H2;. The average Bonchev–Trinajstić information content (AvgIpc) is 1.37. The van der Waals surface area contributed by atoms with Gasteiger partial charge in [0.15, 0.2) is 0 Å². The van der Waals surface area contributed by atoms with Crippen LogP contribution in [0.2, 0.25) is 4.64 Å². The zero-order valence-electron chi connectivity index (χ0n) is 2.14. The van der Waals surface area contributed by atoms with E-state index in [1.165, 1.54) is 21.1 Å². The SMILES string of the molecule is O=C[CH2][Ta]. The van der Waals surface area contributed by atoms with Crippen LogP contribution in [-0.4, -0.2) is 6.29 Å². The molecule has 4 heavy (non-hydrogen) atoms. The number of hydrogen-bond acceptors (Lipinski definition) is 1. The molecule has 0 amide bonds. The molecule has 0 heterocycles. The third kappa shape index (κ3) is 2.41. The summed E-state index contributed by atoms with van der Waals surface area (Å²) in [6, 6.07) is 0. The number of aldehydes is 1. The molecule has 0 radical (unpaired) electrons. The molecule has 0 unspecified atom stereocenters. The van der Waals surface area contributed by atoms with Crippen molar-refractivity contribution < 1.29 is 25.9 Å². The maximum atomic E-state index is 9.20. The molecule has 0 aliphatic rings. The maximum absolute atomic E-state index is 9.20. The first-order valence-corrected chi connectivity index (χ1v) is 3.23. The summed E-state index contributed by atoms with van der Waals surface area (Å²) in [4.78, 5) is 9.20. The Kier molecular flexibility index (Phi) is 3.76. The molecular weight excluding hydrogens is 221 g/mol. The van der Waals surface area contributed by atoms with Gasteiger partial charge in [-0.2, -0.15) is 0 Å². The van der Waals surface area contributed by atoms with Gasteiger partial charge in [-0.3, -0.25) is 0 Å². The Bertz CT molecular complexity index is 20.0. The van der Waals surface area contributed by atoms with Gasteiger partial charge in [0.25, 0.3) is 0 Å². The molecule has 0 aromatic rings. The minimum absolute atomic E-state index is 0.750. The van der Waals surface area contributed by atoms with Crippen molar-refractivity contribution in [1.82, 2.24) is 0 Å². The van der Waals surface area contributed by atoms with E-state index < -0.39 is 0 Å². The molecule has 0 aromatic heterocycles. The predicted octanol–water partition coefficient (Wildman–Crippen LogP) is 0.150. The van der Waals surface area contributed by atoms with Crippen LogP contribution in [0.3, 0.4) is 0 Å². The van der Waals surface area contributed by atoms with Crippen molar-refractivity contribution in [3.05, 3.63) is 0 Å². The van der Waals surface area contributed by atoms with Crippen LogP contribution in [-0.2, 0) is 25.9 Å². The second-order valence-corrected chi connectivity index (χ2v) is 1.66. The van der Waals surface area contributed by atoms with Crippen LogP contribution in [0.5, 0.6) is 0 Å². The fourth-order valence-corrected chi connectivity index (χ4v) is 0. The fraction of sp³-hybridized carbons (Fsp3) is 0.500. The van der Waals surface area contributed by atoms with E-state index in [0.29, 0.717) is 0 Å². The number of rotatable bonds is 1. The minimum atomic E-state index is 0.750. The van der Waals surface area contributed by atoms with Crippen molar-refractivity contribution in [1.29, 1.82) is 0 Å². The van der Waals surface area contributed by atoms with Crippen molar-refractivity contribution >= 4 is 6.29 Å². The molecule has 0 saturated heterocycles. The van der Waals surface area contributed by atoms with Crippen molar-refractivity contribution in [3.8, 4) is 0 Å². The van der Waals surface area contributed by atoms with Crippen LogP contribution >= 0.6 is 0 Å². The van der Waals surface area contributed by atoms with Crippen LogP contribution in [0.1, 0.15) is 0 Å². The van der Waals surface area contributed by atoms with Crippen LogP contribution in [0.15, 0.2) is 0 Å². The van der Waals surface area contributed by atoms with Gasteiger partial charge in [0.1, 0.15) is 0 Å². The Morgan fingerprint density at radius 2 is 2.25 bits per heavy atom. The number of carbonyl (C=O) groups excluding carboxylic acids is 1. The first-order valence-electron chi connectivity index (χ1n) is 0.960. The van der Waals surface area contributed by atoms with E-state index in [2.05, 4.69) is 0 Å². The summed E-state index contributed by atoms with van der Waals surface area (Å²) in [6.07, 6.45) is 0.924. The van der Waals surface area contributed by atoms with Gasteiger partial charge < -0.3 is 0 Å². The Morgan fingerprint density at radius 3 is 2.25 bits per heavy atom. The van der Waals surface area contributed by atoms with Crippen LogP contribution in [0.25, 0.3) is 0 Å². The van der Waals surface area contributed by atoms with Crippen LogP contribution in [0.4, 0.5) is 0 Å². The van der Waals surface area contributed by atoms with Crippen LogP contribution in [0, 0.1) is 0 Å². The van der Waals surface area contributed by atoms with E-state index in [1.807, 2.05) is 0 Å². The molecule has 0 aliphatic carbocycles. The van der Waals surface area contributed by atoms with Gasteiger partial charge in [0.2, 0.25) is 0 Å². The summed E-state index contributed by atoms with van der Waals surface area (Å²) in [5.41, 5.74) is 0. The van der Waals surface area contributed by atoms with Gasteiger partial charge in [-0.25, -0.2) is 0 Å². The zero-order valence-corrected chi connectivity index (χ0v) is 5.35. The van der Waals surface area contributed by atoms with E-state index in [9.17, 15) is 4.79 Å². The summed E-state index contributed by atoms with van der Waals surface area (Å²) in [5.74, 6) is 0. The predicted molar refractivity (Wildman–Crippen MR) is 10.9 cm³/mol. The van der Waals surface area contributed by atoms with Gasteiger partial charge in [-0.05, 0) is 0 Å². The van der Waals surface area contributed by atoms with Crippen molar-refractivity contribution in [2.45, 2.75) is 4.64 Å². The summed E-state index contributed by atoms with van der Waals surface area (Å²) >= 11 is 1.18. The molecule has 0 atom stereocenters. The van der Waals surface area contributed by atoms with Gasteiger partial charge in [0.05, 0.1) is 0 Å². The Hall–Kier alpha value is 0.410. The van der Waals surface area contributed by atoms with Crippen LogP contribution < -0.4 is 0 Å². The number of carbonyl (C=O) groups is 1. The summed E-state index contributed by atoms with van der Waals surface area (Å²) in [5, 5.41) is 0. The van der Waals surface area contributed by atoms with Crippen molar-refractivity contribution in [2.75, 3.05) is 0 Å². The van der Waals surface area contributed by atoms with Gasteiger partial charge in [0, 0.05) is 0 Å². The van der Waals surface area contributed by atoms with E-state index in [1.54, 1.807) is 0 Å². The monoisotopic (exact) mass is 224 g/mol. The second kappa shape index (κ2) is 3.41. The Labute approximate surface area is 37.3 Å². The molecule has 0 rings (SSSR count). The summed E-state index contributed by atoms with van der Waals surface area (Å²) < 4.78 is 0.750. The Balaban J connectivity index is 2.30. The molecule has 22 valence electrons. The molecule has 0 saturated carbocycles. The molecular formula is C2H3OTa. The zero-order chi connectivity index (χ0) is 3.41. The van der Waals surface area contributed by atoms with E-state index in [-0.39, 0.29) is 0 Å². The third-order valence-electron chi connectivity index (χ3n) is 0.0745. The number of hydrogen-bond donors (Lipinski definition) is 0. The molecule has 0 bridgehead atoms. The molecule has 0 aromatic carbocycles. The van der Waals surface area contributed by atoms with Crippen molar-refractivity contribution in [2.24, 2.45) is 0 Å². The average molecular weight is 224 g/mol. The summed E-state index contributed by atoms with van der Waals surface area (Å²) in [6.45, 7) is 0. The van der Waals surface area contributed by atoms with Gasteiger partial charge >= 0.3 is 36.8 Å². The second-order valence-electron chi connectivity index (χ2n) is 0.349. The molecule has 0 aliphatic heterocycles. The summed E-state index contributed by atoms with van der Waals surface area (Å²) in [7, 11) is 0. The topological polar surface area (TPSA) is 17.1 Å². The van der Waals surface area contributed by atoms with Gasteiger partial charge in [-0.1, -0.05) is 0 Å². The Morgan fingerprint density at radius 1 is 2.00 bits per heavy atom. The van der Waals surface area contributed by atoms with Gasteiger partial charge in [-0.15, -0.1) is 0 Å². The normalized spacial score (nSPS) is 6.00. The third-order valence-corrected chi connectivity index (χ3v) is 0.610. The fourth-order valence-electron chi connectivity index (χ4n) is 0. The molecule has 0 spiro atoms. The first kappa shape index (κ1) is 4.41. The molecule has 0 N–H and O–H groups in total. The van der Waals surface area contributed by atoms with E-state index in [0.717, 1.165) is 10.9 Å². The van der Waals surface area contributed by atoms with E-state index in [4.69, 9.17) is 0 Å². The molecule has 0 fully saturated rings. The quantitative estimate of drug-likeness (QED) is 0.579. The van der Waals surface area contributed by atoms with E-state index >= 15 is 0 Å². The molecule has 1 nitrogen and oxygen atoms in total. The van der Waals surface area contributed by atoms with Crippen molar-refractivity contribution in [3.63, 3.8) is 0 Å². The molecule has 2 heteroatoms. The first-order chi connectivity index (χ1) is 1.91.